The van der Waals surface area contributed by atoms with Crippen molar-refractivity contribution in [2.75, 3.05) is 0 Å². The SMILES string of the molecule is Cc1c(/C=C2\CCCc3c2nc2ccccc2c3C(=O)O)c2ccccn2c1C(=O)c1ccc(F)cc1. The number of ketones is 1. The van der Waals surface area contributed by atoms with Gasteiger partial charge in [0.05, 0.1) is 28.0 Å². The van der Waals surface area contributed by atoms with Gasteiger partial charge in [-0.3, -0.25) is 4.79 Å². The van der Waals surface area contributed by atoms with Crippen molar-refractivity contribution in [2.45, 2.75) is 26.2 Å². The standard InChI is InChI=1S/C31H23FN2O3/c1-18-24(26-11-4-5-16-34(26)29(18)30(35)19-12-14-21(32)15-13-19)17-20-7-6-9-23-27(31(36)37)22-8-2-3-10-25(22)33-28(20)23/h2-5,8,10-17H,6-7,9H2,1H3,(H,36,37)/b20-17+. The Labute approximate surface area is 212 Å². The minimum absolute atomic E-state index is 0.190. The quantitative estimate of drug-likeness (QED) is 0.283. The van der Waals surface area contributed by atoms with Crippen LogP contribution in [0.2, 0.25) is 0 Å². The fourth-order valence-corrected chi connectivity index (χ4v) is 5.45. The number of nitrogens with zero attached hydrogens (tertiary/aromatic N) is 2. The highest BCUT2D eigenvalue weighted by Gasteiger charge is 2.26. The number of benzene rings is 2. The predicted molar refractivity (Wildman–Crippen MR) is 141 cm³/mol. The monoisotopic (exact) mass is 490 g/mol. The third-order valence-electron chi connectivity index (χ3n) is 7.16. The van der Waals surface area contributed by atoms with Crippen LogP contribution in [0, 0.1) is 12.7 Å². The summed E-state index contributed by atoms with van der Waals surface area (Å²) in [5, 5.41) is 10.7. The zero-order chi connectivity index (χ0) is 25.7. The topological polar surface area (TPSA) is 71.7 Å². The zero-order valence-electron chi connectivity index (χ0n) is 20.2. The maximum Gasteiger partial charge on any atom is 0.336 e. The molecule has 182 valence electrons. The van der Waals surface area contributed by atoms with Crippen LogP contribution in [0.25, 0.3) is 28.1 Å². The Kier molecular flexibility index (Phi) is 5.45. The molecule has 0 saturated carbocycles. The molecule has 6 heteroatoms. The summed E-state index contributed by atoms with van der Waals surface area (Å²) in [5.74, 6) is -1.53. The Hall–Kier alpha value is -4.58. The van der Waals surface area contributed by atoms with Crippen molar-refractivity contribution in [2.24, 2.45) is 0 Å². The van der Waals surface area contributed by atoms with Gasteiger partial charge in [0.1, 0.15) is 5.82 Å². The van der Waals surface area contributed by atoms with Gasteiger partial charge in [-0.1, -0.05) is 24.3 Å². The van der Waals surface area contributed by atoms with Gasteiger partial charge in [-0.25, -0.2) is 14.2 Å². The number of hydrogen-bond acceptors (Lipinski definition) is 3. The van der Waals surface area contributed by atoms with Gasteiger partial charge in [-0.15, -0.1) is 0 Å². The van der Waals surface area contributed by atoms with Crippen LogP contribution in [-0.4, -0.2) is 26.2 Å². The number of carbonyl (C=O) groups excluding carboxylic acids is 1. The Morgan fingerprint density at radius 3 is 2.54 bits per heavy atom. The van der Waals surface area contributed by atoms with Gasteiger partial charge in [0.15, 0.2) is 0 Å². The fraction of sp³-hybridized carbons (Fsp3) is 0.129. The third kappa shape index (κ3) is 3.73. The molecule has 0 aliphatic heterocycles. The van der Waals surface area contributed by atoms with Crippen molar-refractivity contribution in [3.63, 3.8) is 0 Å². The Morgan fingerprint density at radius 1 is 1.00 bits per heavy atom. The van der Waals surface area contributed by atoms with E-state index in [-0.39, 0.29) is 5.78 Å². The molecule has 0 unspecified atom stereocenters. The van der Waals surface area contributed by atoms with Crippen LogP contribution in [0.15, 0.2) is 72.9 Å². The Bertz CT molecular complexity index is 1760. The predicted octanol–water partition coefficient (Wildman–Crippen LogP) is 6.74. The summed E-state index contributed by atoms with van der Waals surface area (Å²) < 4.78 is 15.3. The minimum atomic E-state index is -0.950. The van der Waals surface area contributed by atoms with Crippen LogP contribution < -0.4 is 0 Å². The van der Waals surface area contributed by atoms with Gasteiger partial charge >= 0.3 is 5.97 Å². The molecule has 1 N–H and O–H groups in total. The Morgan fingerprint density at radius 2 is 1.76 bits per heavy atom. The number of hydrogen-bond donors (Lipinski definition) is 1. The molecule has 5 aromatic rings. The van der Waals surface area contributed by atoms with Crippen molar-refractivity contribution < 1.29 is 19.1 Å². The first-order valence-corrected chi connectivity index (χ1v) is 12.2. The summed E-state index contributed by atoms with van der Waals surface area (Å²) >= 11 is 0. The smallest absolute Gasteiger partial charge is 0.336 e. The third-order valence-corrected chi connectivity index (χ3v) is 7.16. The molecule has 0 spiro atoms. The number of fused-ring (bicyclic) bond motifs is 3. The summed E-state index contributed by atoms with van der Waals surface area (Å²) in [6.45, 7) is 1.91. The number of halogens is 1. The number of carboxylic acids is 1. The van der Waals surface area contributed by atoms with E-state index in [0.717, 1.165) is 40.6 Å². The molecule has 5 nitrogen and oxygen atoms in total. The molecule has 0 radical (unpaired) electrons. The molecule has 0 saturated heterocycles. The zero-order valence-corrected chi connectivity index (χ0v) is 20.2. The number of pyridine rings is 2. The molecule has 0 fully saturated rings. The summed E-state index contributed by atoms with van der Waals surface area (Å²) in [5.41, 5.74) is 6.88. The van der Waals surface area contributed by atoms with Crippen molar-refractivity contribution >= 4 is 39.8 Å². The lowest BCUT2D eigenvalue weighted by Gasteiger charge is -2.21. The lowest BCUT2D eigenvalue weighted by molar-refractivity contribution is 0.0697. The van der Waals surface area contributed by atoms with Crippen LogP contribution in [0.5, 0.6) is 0 Å². The highest BCUT2D eigenvalue weighted by atomic mass is 19.1. The van der Waals surface area contributed by atoms with E-state index in [2.05, 4.69) is 6.08 Å². The highest BCUT2D eigenvalue weighted by molar-refractivity contribution is 6.11. The summed E-state index contributed by atoms with van der Waals surface area (Å²) in [6.07, 6.45) is 6.12. The lowest BCUT2D eigenvalue weighted by atomic mass is 9.85. The van der Waals surface area contributed by atoms with E-state index in [1.54, 1.807) is 0 Å². The maximum atomic E-state index is 13.5. The molecule has 0 amide bonds. The second kappa shape index (κ2) is 8.82. The van der Waals surface area contributed by atoms with E-state index in [9.17, 15) is 19.1 Å². The second-order valence-electron chi connectivity index (χ2n) is 9.34. The van der Waals surface area contributed by atoms with Crippen molar-refractivity contribution in [3.8, 4) is 0 Å². The first-order chi connectivity index (χ1) is 17.9. The average Bonchev–Trinajstić information content (AvgIpc) is 3.18. The highest BCUT2D eigenvalue weighted by Crippen LogP contribution is 2.38. The molecular formula is C31H23FN2O3. The van der Waals surface area contributed by atoms with Crippen LogP contribution in [0.4, 0.5) is 4.39 Å². The van der Waals surface area contributed by atoms with Gasteiger partial charge in [0, 0.05) is 22.7 Å². The van der Waals surface area contributed by atoms with E-state index in [0.29, 0.717) is 39.8 Å². The molecular weight excluding hydrogens is 467 g/mol. The largest absolute Gasteiger partial charge is 0.478 e. The van der Waals surface area contributed by atoms with Crippen LogP contribution in [0.3, 0.4) is 0 Å². The first kappa shape index (κ1) is 22.9. The minimum Gasteiger partial charge on any atom is -0.478 e. The molecule has 37 heavy (non-hydrogen) atoms. The normalized spacial score (nSPS) is 14.3. The lowest BCUT2D eigenvalue weighted by Crippen LogP contribution is -2.13. The van der Waals surface area contributed by atoms with E-state index < -0.39 is 11.8 Å². The van der Waals surface area contributed by atoms with Gasteiger partial charge in [-0.05, 0) is 91.4 Å². The maximum absolute atomic E-state index is 13.5. The van der Waals surface area contributed by atoms with Crippen LogP contribution in [-0.2, 0) is 6.42 Å². The van der Waals surface area contributed by atoms with Gasteiger partial charge < -0.3 is 9.51 Å². The number of aromatic carboxylic acids is 1. The van der Waals surface area contributed by atoms with E-state index in [1.807, 2.05) is 60.0 Å². The molecule has 1 aliphatic carbocycles. The molecule has 6 rings (SSSR count). The second-order valence-corrected chi connectivity index (χ2v) is 9.34. The molecule has 0 bridgehead atoms. The van der Waals surface area contributed by atoms with Crippen molar-refractivity contribution in [1.29, 1.82) is 0 Å². The number of aromatic nitrogens is 2. The number of allylic oxidation sites excluding steroid dienone is 1. The van der Waals surface area contributed by atoms with Gasteiger partial charge in [-0.2, -0.15) is 0 Å². The Balaban J connectivity index is 1.57. The number of carbonyl (C=O) groups is 2. The van der Waals surface area contributed by atoms with Crippen molar-refractivity contribution in [3.05, 3.63) is 118 Å². The molecule has 2 aromatic carbocycles. The average molecular weight is 491 g/mol. The van der Waals surface area contributed by atoms with Gasteiger partial charge in [0.2, 0.25) is 5.78 Å². The molecule has 1 aliphatic rings. The molecule has 3 heterocycles. The fourth-order valence-electron chi connectivity index (χ4n) is 5.45. The van der Waals surface area contributed by atoms with Crippen LogP contribution in [0.1, 0.15) is 61.6 Å². The number of rotatable bonds is 4. The summed E-state index contributed by atoms with van der Waals surface area (Å²) in [7, 11) is 0. The molecule has 0 atom stereocenters. The molecule has 3 aromatic heterocycles. The first-order valence-electron chi connectivity index (χ1n) is 12.2. The number of carboxylic acid groups (broad SMARTS) is 1. The van der Waals surface area contributed by atoms with Crippen molar-refractivity contribution in [1.82, 2.24) is 9.38 Å². The van der Waals surface area contributed by atoms with Gasteiger partial charge in [0.25, 0.3) is 0 Å². The van der Waals surface area contributed by atoms with E-state index in [4.69, 9.17) is 4.98 Å². The summed E-state index contributed by atoms with van der Waals surface area (Å²) in [4.78, 5) is 30.7. The van der Waals surface area contributed by atoms with E-state index >= 15 is 0 Å². The van der Waals surface area contributed by atoms with Crippen LogP contribution >= 0.6 is 0 Å². The number of para-hydroxylation sites is 1. The summed E-state index contributed by atoms with van der Waals surface area (Å²) in [6, 6.07) is 18.7. The van der Waals surface area contributed by atoms with E-state index in [1.165, 1.54) is 24.3 Å².